The molecule has 2 aromatic heterocycles. The molecule has 1 fully saturated rings. The lowest BCUT2D eigenvalue weighted by molar-refractivity contribution is -0.116. The number of fused-ring (bicyclic) bond motifs is 1. The van der Waals surface area contributed by atoms with Crippen molar-refractivity contribution in [3.8, 4) is 22.6 Å². The molecule has 0 bridgehead atoms. The van der Waals surface area contributed by atoms with E-state index in [1.165, 1.54) is 17.6 Å². The van der Waals surface area contributed by atoms with Crippen LogP contribution >= 0.6 is 0 Å². The minimum atomic E-state index is -0.212. The van der Waals surface area contributed by atoms with Crippen LogP contribution in [0.25, 0.3) is 11.1 Å². The van der Waals surface area contributed by atoms with Crippen LogP contribution in [-0.2, 0) is 11.2 Å². The number of hydrogen-bond donors (Lipinski definition) is 1. The average molecular weight is 366 g/mol. The Morgan fingerprint density at radius 3 is 2.96 bits per heavy atom. The fourth-order valence-corrected chi connectivity index (χ4v) is 3.28. The molecule has 1 saturated carbocycles. The molecule has 2 aliphatic rings. The minimum absolute atomic E-state index is 0.0831. The lowest BCUT2D eigenvalue weighted by Crippen LogP contribution is -2.25. The molecule has 3 heterocycles. The van der Waals surface area contributed by atoms with Crippen LogP contribution in [0.1, 0.15) is 35.9 Å². The third kappa shape index (κ3) is 3.03. The second kappa shape index (κ2) is 6.15. The Morgan fingerprint density at radius 2 is 2.11 bits per heavy atom. The van der Waals surface area contributed by atoms with Crippen LogP contribution in [0.4, 0.5) is 0 Å². The van der Waals surface area contributed by atoms with E-state index in [0.717, 1.165) is 16.8 Å². The number of ether oxygens (including phenoxy) is 2. The van der Waals surface area contributed by atoms with Crippen molar-refractivity contribution in [3.63, 3.8) is 0 Å². The van der Waals surface area contributed by atoms with Crippen molar-refractivity contribution >= 4 is 5.91 Å². The van der Waals surface area contributed by atoms with E-state index in [2.05, 4.69) is 15.7 Å². The Kier molecular flexibility index (Phi) is 3.63. The molecule has 1 amide bonds. The number of rotatable bonds is 5. The Hall–Kier alpha value is -3.29. The Bertz CT molecular complexity index is 1020. The van der Waals surface area contributed by atoms with Gasteiger partial charge in [-0.05, 0) is 43.5 Å². The number of nitrogens with zero attached hydrogens (tertiary/aromatic N) is 3. The Morgan fingerprint density at radius 1 is 1.26 bits per heavy atom. The summed E-state index contributed by atoms with van der Waals surface area (Å²) >= 11 is 0. The van der Waals surface area contributed by atoms with Crippen LogP contribution in [-0.4, -0.2) is 27.7 Å². The molecule has 1 aromatic carbocycles. The highest BCUT2D eigenvalue weighted by Crippen LogP contribution is 2.39. The van der Waals surface area contributed by atoms with E-state index >= 15 is 0 Å². The Balaban J connectivity index is 1.35. The fraction of sp³-hybridized carbons (Fsp3) is 0.316. The van der Waals surface area contributed by atoms with Crippen molar-refractivity contribution < 1.29 is 18.8 Å². The predicted octanol–water partition coefficient (Wildman–Crippen LogP) is 2.77. The first-order valence-corrected chi connectivity index (χ1v) is 8.88. The second-order valence-corrected chi connectivity index (χ2v) is 6.80. The molecule has 1 aliphatic heterocycles. The van der Waals surface area contributed by atoms with E-state index in [1.807, 2.05) is 31.2 Å². The molecule has 138 valence electrons. The van der Waals surface area contributed by atoms with Crippen molar-refractivity contribution in [2.45, 2.75) is 32.1 Å². The van der Waals surface area contributed by atoms with Crippen LogP contribution in [0, 0.1) is 6.92 Å². The first-order valence-electron chi connectivity index (χ1n) is 8.88. The zero-order valence-corrected chi connectivity index (χ0v) is 14.8. The molecule has 3 aromatic rings. The third-order valence-electron chi connectivity index (χ3n) is 4.77. The summed E-state index contributed by atoms with van der Waals surface area (Å²) in [6.45, 7) is 2.03. The number of carbonyl (C=O) groups excluding carboxylic acids is 1. The van der Waals surface area contributed by atoms with Gasteiger partial charge in [0.2, 0.25) is 12.7 Å². The van der Waals surface area contributed by atoms with Crippen LogP contribution in [0.2, 0.25) is 0 Å². The van der Waals surface area contributed by atoms with Crippen molar-refractivity contribution in [2.24, 2.45) is 0 Å². The minimum Gasteiger partial charge on any atom is -0.454 e. The average Bonchev–Trinajstić information content (AvgIpc) is 3.05. The van der Waals surface area contributed by atoms with Gasteiger partial charge in [-0.2, -0.15) is 9.89 Å². The summed E-state index contributed by atoms with van der Waals surface area (Å²) in [6.07, 6.45) is 4.18. The molecular weight excluding hydrogens is 348 g/mol. The molecule has 0 radical (unpaired) electrons. The van der Waals surface area contributed by atoms with Crippen LogP contribution in [0.15, 0.2) is 35.0 Å². The first-order chi connectivity index (χ1) is 13.2. The summed E-state index contributed by atoms with van der Waals surface area (Å²) < 4.78 is 16.1. The van der Waals surface area contributed by atoms with E-state index in [0.29, 0.717) is 28.9 Å². The number of benzene rings is 1. The molecule has 8 nitrogen and oxygen atoms in total. The standard InChI is InChI=1S/C19H18N4O4/c1-11-19(13-4-5-16-17(8-13)26-10-25-16)15(22-27-11)9-18(24)21-23-7-6-14(20-23)12-2-3-12/h4-8,12H,2-3,9-10H2,1H3,(H,21,24). The summed E-state index contributed by atoms with van der Waals surface area (Å²) in [5.41, 5.74) is 6.02. The van der Waals surface area contributed by atoms with Gasteiger partial charge in [0.05, 0.1) is 12.1 Å². The number of amides is 1. The van der Waals surface area contributed by atoms with E-state index in [-0.39, 0.29) is 19.1 Å². The quantitative estimate of drug-likeness (QED) is 0.747. The van der Waals surface area contributed by atoms with Crippen molar-refractivity contribution in [1.82, 2.24) is 15.0 Å². The largest absolute Gasteiger partial charge is 0.454 e. The summed E-state index contributed by atoms with van der Waals surface area (Å²) in [4.78, 5) is 13.9. The van der Waals surface area contributed by atoms with Gasteiger partial charge < -0.3 is 14.0 Å². The number of aryl methyl sites for hydroxylation is 1. The zero-order chi connectivity index (χ0) is 18.4. The van der Waals surface area contributed by atoms with Crippen LogP contribution in [0.5, 0.6) is 11.5 Å². The normalized spacial score (nSPS) is 15.1. The summed E-state index contributed by atoms with van der Waals surface area (Å²) in [5.74, 6) is 2.35. The molecule has 8 heteroatoms. The molecule has 1 aliphatic carbocycles. The molecule has 0 atom stereocenters. The second-order valence-electron chi connectivity index (χ2n) is 6.80. The van der Waals surface area contributed by atoms with Crippen molar-refractivity contribution in [3.05, 3.63) is 47.6 Å². The number of carbonyl (C=O) groups is 1. The van der Waals surface area contributed by atoms with E-state index < -0.39 is 0 Å². The molecular formula is C19H18N4O4. The van der Waals surface area contributed by atoms with Crippen molar-refractivity contribution in [1.29, 1.82) is 0 Å². The number of hydrogen-bond acceptors (Lipinski definition) is 6. The Labute approximate surface area is 155 Å². The fourth-order valence-electron chi connectivity index (χ4n) is 3.28. The van der Waals surface area contributed by atoms with Gasteiger partial charge in [0.25, 0.3) is 0 Å². The highest BCUT2D eigenvalue weighted by Gasteiger charge is 2.26. The summed E-state index contributed by atoms with van der Waals surface area (Å²) in [6, 6.07) is 7.57. The molecule has 0 spiro atoms. The lowest BCUT2D eigenvalue weighted by Gasteiger charge is -2.06. The zero-order valence-electron chi connectivity index (χ0n) is 14.8. The topological polar surface area (TPSA) is 91.4 Å². The SMILES string of the molecule is Cc1onc(CC(=O)Nn2ccc(C3CC3)n2)c1-c1ccc2c(c1)OCO2. The summed E-state index contributed by atoms with van der Waals surface area (Å²) in [5, 5.41) is 8.46. The third-order valence-corrected chi connectivity index (χ3v) is 4.77. The van der Waals surface area contributed by atoms with Gasteiger partial charge >= 0.3 is 0 Å². The van der Waals surface area contributed by atoms with Gasteiger partial charge in [0.15, 0.2) is 11.5 Å². The van der Waals surface area contributed by atoms with Gasteiger partial charge in [-0.15, -0.1) is 0 Å². The molecule has 0 saturated heterocycles. The molecule has 27 heavy (non-hydrogen) atoms. The van der Waals surface area contributed by atoms with Gasteiger partial charge in [-0.25, -0.2) is 5.43 Å². The van der Waals surface area contributed by atoms with Gasteiger partial charge in [0.1, 0.15) is 11.5 Å². The van der Waals surface area contributed by atoms with E-state index in [9.17, 15) is 4.79 Å². The molecule has 0 unspecified atom stereocenters. The maximum Gasteiger partial charge on any atom is 0.246 e. The summed E-state index contributed by atoms with van der Waals surface area (Å²) in [7, 11) is 0. The lowest BCUT2D eigenvalue weighted by atomic mass is 10.0. The van der Waals surface area contributed by atoms with Gasteiger partial charge in [-0.1, -0.05) is 11.2 Å². The van der Waals surface area contributed by atoms with Crippen LogP contribution in [0.3, 0.4) is 0 Å². The predicted molar refractivity (Wildman–Crippen MR) is 95.1 cm³/mol. The van der Waals surface area contributed by atoms with Crippen LogP contribution < -0.4 is 14.9 Å². The van der Waals surface area contributed by atoms with Gasteiger partial charge in [0, 0.05) is 17.7 Å². The first kappa shape index (κ1) is 15.9. The van der Waals surface area contributed by atoms with E-state index in [1.54, 1.807) is 6.20 Å². The maximum atomic E-state index is 12.5. The molecule has 1 N–H and O–H groups in total. The molecule has 5 rings (SSSR count). The number of aromatic nitrogens is 3. The van der Waals surface area contributed by atoms with E-state index in [4.69, 9.17) is 14.0 Å². The van der Waals surface area contributed by atoms with Crippen molar-refractivity contribution in [2.75, 3.05) is 12.2 Å². The number of nitrogens with one attached hydrogen (secondary N) is 1. The highest BCUT2D eigenvalue weighted by molar-refractivity contribution is 5.87. The monoisotopic (exact) mass is 366 g/mol. The smallest absolute Gasteiger partial charge is 0.246 e. The maximum absolute atomic E-state index is 12.5. The highest BCUT2D eigenvalue weighted by atomic mass is 16.7. The van der Waals surface area contributed by atoms with Gasteiger partial charge in [-0.3, -0.25) is 4.79 Å².